The highest BCUT2D eigenvalue weighted by Crippen LogP contribution is 2.28. The van der Waals surface area contributed by atoms with Gasteiger partial charge in [-0.25, -0.2) is 18.4 Å². The summed E-state index contributed by atoms with van der Waals surface area (Å²) in [6.07, 6.45) is -1.43. The third kappa shape index (κ3) is 5.72. The number of aryl methyl sites for hydroxylation is 1. The number of carbonyl (C=O) groups excluding carboxylic acids is 2. The summed E-state index contributed by atoms with van der Waals surface area (Å²) in [5.41, 5.74) is 1.17. The van der Waals surface area contributed by atoms with E-state index < -0.39 is 24.1 Å². The molecular formula is C23H19Cl2F2N9O3. The lowest BCUT2D eigenvalue weighted by Crippen LogP contribution is -2.48. The van der Waals surface area contributed by atoms with E-state index >= 15 is 0 Å². The number of hydrogen-bond acceptors (Lipinski definition) is 8. The maximum absolute atomic E-state index is 13.6. The van der Waals surface area contributed by atoms with Gasteiger partial charge in [-0.1, -0.05) is 23.2 Å². The predicted molar refractivity (Wildman–Crippen MR) is 134 cm³/mol. The minimum Gasteiger partial charge on any atom is -0.377 e. The first kappa shape index (κ1) is 26.6. The summed E-state index contributed by atoms with van der Waals surface area (Å²) in [7, 11) is 0. The van der Waals surface area contributed by atoms with Gasteiger partial charge >= 0.3 is 6.43 Å². The van der Waals surface area contributed by atoms with Crippen molar-refractivity contribution in [3.05, 3.63) is 74.9 Å². The third-order valence-electron chi connectivity index (χ3n) is 5.66. The number of benzene rings is 1. The van der Waals surface area contributed by atoms with Gasteiger partial charge in [-0.05, 0) is 48.0 Å². The number of pyridine rings is 1. The molecule has 1 saturated heterocycles. The van der Waals surface area contributed by atoms with Gasteiger partial charge in [0.15, 0.2) is 5.82 Å². The molecule has 12 nitrogen and oxygen atoms in total. The quantitative estimate of drug-likeness (QED) is 0.325. The van der Waals surface area contributed by atoms with E-state index in [9.17, 15) is 18.4 Å². The summed E-state index contributed by atoms with van der Waals surface area (Å²) in [6.45, 7) is 2.30. The highest BCUT2D eigenvalue weighted by atomic mass is 35.5. The Labute approximate surface area is 229 Å². The number of alkyl halides is 2. The van der Waals surface area contributed by atoms with Gasteiger partial charge in [-0.2, -0.15) is 9.90 Å². The number of nitrogens with zero attached hydrogens (tertiary/aromatic N) is 7. The molecule has 4 aromatic rings. The second-order valence-electron chi connectivity index (χ2n) is 8.53. The molecule has 39 heavy (non-hydrogen) atoms. The third-order valence-corrected chi connectivity index (χ3v) is 6.17. The fourth-order valence-electron chi connectivity index (χ4n) is 3.77. The summed E-state index contributed by atoms with van der Waals surface area (Å²) in [5, 5.41) is 21.0. The van der Waals surface area contributed by atoms with Crippen molar-refractivity contribution < 1.29 is 23.1 Å². The molecule has 2 N–H and O–H groups in total. The van der Waals surface area contributed by atoms with Crippen LogP contribution in [0.4, 0.5) is 14.5 Å². The average Bonchev–Trinajstić information content (AvgIpc) is 3.51. The van der Waals surface area contributed by atoms with Crippen LogP contribution in [0.1, 0.15) is 44.4 Å². The Hall–Kier alpha value is -4.01. The summed E-state index contributed by atoms with van der Waals surface area (Å²) < 4.78 is 32.1. The molecule has 16 heteroatoms. The maximum Gasteiger partial charge on any atom is 0.301 e. The Morgan fingerprint density at radius 1 is 1.18 bits per heavy atom. The summed E-state index contributed by atoms with van der Waals surface area (Å²) in [6, 6.07) is 7.49. The van der Waals surface area contributed by atoms with Crippen LogP contribution in [0.5, 0.6) is 0 Å². The van der Waals surface area contributed by atoms with Gasteiger partial charge in [0.05, 0.1) is 41.2 Å². The Bertz CT molecular complexity index is 1560. The number of tetrazole rings is 1. The van der Waals surface area contributed by atoms with Gasteiger partial charge in [0.2, 0.25) is 5.82 Å². The number of carbonyl (C=O) groups is 2. The second kappa shape index (κ2) is 11.0. The molecule has 202 valence electrons. The van der Waals surface area contributed by atoms with Crippen molar-refractivity contribution in [3.8, 4) is 5.82 Å². The first-order valence-corrected chi connectivity index (χ1v) is 12.2. The molecule has 0 unspecified atom stereocenters. The van der Waals surface area contributed by atoms with Crippen LogP contribution in [-0.2, 0) is 11.3 Å². The Morgan fingerprint density at radius 3 is 2.64 bits per heavy atom. The zero-order valence-electron chi connectivity index (χ0n) is 20.1. The zero-order chi connectivity index (χ0) is 27.7. The van der Waals surface area contributed by atoms with Crippen molar-refractivity contribution >= 4 is 40.7 Å². The van der Waals surface area contributed by atoms with Crippen LogP contribution in [0.2, 0.25) is 10.0 Å². The lowest BCUT2D eigenvalue weighted by molar-refractivity contribution is -0.00344. The van der Waals surface area contributed by atoms with Gasteiger partial charge in [-0.3, -0.25) is 9.59 Å². The average molecular weight is 578 g/mol. The number of rotatable bonds is 8. The Kier molecular flexibility index (Phi) is 7.50. The van der Waals surface area contributed by atoms with E-state index in [0.717, 1.165) is 4.80 Å². The molecule has 1 aliphatic rings. The van der Waals surface area contributed by atoms with Crippen LogP contribution in [0.25, 0.3) is 5.82 Å². The van der Waals surface area contributed by atoms with Crippen LogP contribution in [0.15, 0.2) is 36.5 Å². The molecule has 0 bridgehead atoms. The summed E-state index contributed by atoms with van der Waals surface area (Å²) in [4.78, 5) is 31.7. The summed E-state index contributed by atoms with van der Waals surface area (Å²) >= 11 is 12.5. The van der Waals surface area contributed by atoms with Crippen molar-refractivity contribution in [1.82, 2.24) is 40.3 Å². The van der Waals surface area contributed by atoms with Crippen LogP contribution < -0.4 is 10.6 Å². The number of aromatic nitrogens is 7. The fourth-order valence-corrected chi connectivity index (χ4v) is 4.24. The van der Waals surface area contributed by atoms with E-state index in [0.29, 0.717) is 23.8 Å². The number of halogens is 4. The number of nitrogens with one attached hydrogen (secondary N) is 2. The van der Waals surface area contributed by atoms with Crippen molar-refractivity contribution in [2.24, 2.45) is 0 Å². The molecular weight excluding hydrogens is 559 g/mol. The molecule has 1 fully saturated rings. The van der Waals surface area contributed by atoms with E-state index in [1.807, 2.05) is 0 Å². The maximum atomic E-state index is 13.6. The van der Waals surface area contributed by atoms with E-state index in [2.05, 4.69) is 36.1 Å². The number of anilines is 1. The van der Waals surface area contributed by atoms with Crippen molar-refractivity contribution in [2.45, 2.75) is 25.9 Å². The molecule has 2 amide bonds. The molecule has 0 radical (unpaired) electrons. The first-order chi connectivity index (χ1) is 18.7. The number of hydrogen-bond donors (Lipinski definition) is 2. The number of ether oxygens (including phenoxy) is 1. The van der Waals surface area contributed by atoms with E-state index in [-0.39, 0.29) is 46.1 Å². The SMILES string of the molecule is Cc1cc(Cl)cc(C(=O)NC2COC2)c1NC(=O)c1cc(Cn2nnc(C(F)F)n2)nn1-c1ncccc1Cl. The minimum atomic E-state index is -2.89. The minimum absolute atomic E-state index is 0.00657. The van der Waals surface area contributed by atoms with E-state index in [4.69, 9.17) is 27.9 Å². The van der Waals surface area contributed by atoms with Gasteiger partial charge in [0.1, 0.15) is 12.2 Å². The van der Waals surface area contributed by atoms with Crippen LogP contribution in [0.3, 0.4) is 0 Å². The van der Waals surface area contributed by atoms with Gasteiger partial charge < -0.3 is 15.4 Å². The summed E-state index contributed by atoms with van der Waals surface area (Å²) in [5.74, 6) is -1.68. The highest BCUT2D eigenvalue weighted by molar-refractivity contribution is 6.32. The monoisotopic (exact) mass is 577 g/mol. The number of amides is 2. The van der Waals surface area contributed by atoms with Crippen molar-refractivity contribution in [3.63, 3.8) is 0 Å². The molecule has 0 aliphatic carbocycles. The van der Waals surface area contributed by atoms with E-state index in [1.165, 1.54) is 23.0 Å². The molecule has 0 spiro atoms. The topological polar surface area (TPSA) is 142 Å². The molecule has 0 atom stereocenters. The Morgan fingerprint density at radius 2 is 1.97 bits per heavy atom. The van der Waals surface area contributed by atoms with Crippen molar-refractivity contribution in [2.75, 3.05) is 18.5 Å². The molecule has 3 aromatic heterocycles. The van der Waals surface area contributed by atoms with Gasteiger partial charge in [0, 0.05) is 11.2 Å². The van der Waals surface area contributed by atoms with Crippen LogP contribution >= 0.6 is 23.2 Å². The normalized spacial score (nSPS) is 13.4. The molecule has 4 heterocycles. The predicted octanol–water partition coefficient (Wildman–Crippen LogP) is 3.24. The fraction of sp³-hybridized carbons (Fsp3) is 0.261. The zero-order valence-corrected chi connectivity index (χ0v) is 21.6. The molecule has 0 saturated carbocycles. The first-order valence-electron chi connectivity index (χ1n) is 11.5. The van der Waals surface area contributed by atoms with Gasteiger partial charge in [0.25, 0.3) is 11.8 Å². The lowest BCUT2D eigenvalue weighted by atomic mass is 10.1. The van der Waals surface area contributed by atoms with Crippen molar-refractivity contribution in [1.29, 1.82) is 0 Å². The molecule has 5 rings (SSSR count). The van der Waals surface area contributed by atoms with E-state index in [1.54, 1.807) is 25.1 Å². The van der Waals surface area contributed by atoms with Gasteiger partial charge in [-0.15, -0.1) is 10.2 Å². The van der Waals surface area contributed by atoms with Crippen LogP contribution in [0, 0.1) is 6.92 Å². The Balaban J connectivity index is 1.50. The molecule has 1 aliphatic heterocycles. The molecule has 1 aromatic carbocycles. The second-order valence-corrected chi connectivity index (χ2v) is 9.37. The largest absolute Gasteiger partial charge is 0.377 e. The smallest absolute Gasteiger partial charge is 0.301 e. The van der Waals surface area contributed by atoms with Crippen LogP contribution in [-0.4, -0.2) is 66.0 Å². The standard InChI is InChI=1S/C23H19Cl2F2N9O3/c1-11-5-12(24)6-15(22(37)29-14-9-39-10-14)18(11)30-23(38)17-7-13(8-35-33-20(19(26)27)31-34-35)32-36(17)21-16(25)3-2-4-28-21/h2-7,14,19H,8-10H2,1H3,(H,29,37)(H,30,38). The lowest BCUT2D eigenvalue weighted by Gasteiger charge is -2.27. The highest BCUT2D eigenvalue weighted by Gasteiger charge is 2.26.